The molecule has 1 aromatic carbocycles. The number of benzene rings is 1. The van der Waals surface area contributed by atoms with Gasteiger partial charge in [-0.15, -0.1) is 0 Å². The number of carbonyl (C=O) groups is 1. The lowest BCUT2D eigenvalue weighted by molar-refractivity contribution is 0.0921. The number of aryl methyl sites for hydroxylation is 1. The van der Waals surface area contributed by atoms with Crippen molar-refractivity contribution in [2.45, 2.75) is 24.4 Å². The van der Waals surface area contributed by atoms with Crippen LogP contribution in [0.1, 0.15) is 27.6 Å². The normalized spacial score (nSPS) is 11.0. The van der Waals surface area contributed by atoms with Crippen LogP contribution in [-0.4, -0.2) is 15.9 Å². The summed E-state index contributed by atoms with van der Waals surface area (Å²) in [7, 11) is 0. The molecule has 0 fully saturated rings. The molecule has 3 aromatic heterocycles. The van der Waals surface area contributed by atoms with Gasteiger partial charge >= 0.3 is 0 Å². The van der Waals surface area contributed by atoms with Crippen LogP contribution < -0.4 is 5.32 Å². The van der Waals surface area contributed by atoms with Crippen LogP contribution in [0.2, 0.25) is 0 Å². The molecule has 0 bridgehead atoms. The van der Waals surface area contributed by atoms with E-state index in [1.54, 1.807) is 18.3 Å². The average Bonchev–Trinajstić information content (AvgIpc) is 3.33. The average molecular weight is 379 g/mol. The zero-order valence-electron chi connectivity index (χ0n) is 14.6. The van der Waals surface area contributed by atoms with E-state index in [-0.39, 0.29) is 11.7 Å². The molecule has 0 aliphatic carbocycles. The van der Waals surface area contributed by atoms with Crippen molar-refractivity contribution in [3.63, 3.8) is 0 Å². The van der Waals surface area contributed by atoms with E-state index in [2.05, 4.69) is 15.3 Å². The summed E-state index contributed by atoms with van der Waals surface area (Å²) in [5.74, 6) is 1.21. The van der Waals surface area contributed by atoms with Gasteiger partial charge in [0.25, 0.3) is 11.1 Å². The van der Waals surface area contributed by atoms with Gasteiger partial charge in [0.05, 0.1) is 18.0 Å². The molecule has 27 heavy (non-hydrogen) atoms. The maximum atomic E-state index is 12.2. The second-order valence-corrected chi connectivity index (χ2v) is 6.89. The molecule has 6 nitrogen and oxygen atoms in total. The Kier molecular flexibility index (Phi) is 4.93. The first-order valence-corrected chi connectivity index (χ1v) is 9.43. The number of furan rings is 1. The molecule has 0 saturated carbocycles. The molecular formula is C20H17N3O3S. The summed E-state index contributed by atoms with van der Waals surface area (Å²) in [6.45, 7) is 2.36. The Morgan fingerprint density at radius 2 is 2.04 bits per heavy atom. The van der Waals surface area contributed by atoms with Gasteiger partial charge in [-0.05, 0) is 42.8 Å². The minimum atomic E-state index is -0.269. The van der Waals surface area contributed by atoms with Crippen LogP contribution in [0, 0.1) is 6.92 Å². The Balaban J connectivity index is 1.36. The van der Waals surface area contributed by atoms with Crippen LogP contribution in [0.15, 0.2) is 68.8 Å². The molecule has 7 heteroatoms. The van der Waals surface area contributed by atoms with Gasteiger partial charge in [0.1, 0.15) is 11.3 Å². The third-order valence-corrected chi connectivity index (χ3v) is 4.83. The molecule has 1 N–H and O–H groups in total. The monoisotopic (exact) mass is 379 g/mol. The van der Waals surface area contributed by atoms with Gasteiger partial charge in [-0.2, -0.15) is 0 Å². The zero-order chi connectivity index (χ0) is 18.6. The predicted molar refractivity (Wildman–Crippen MR) is 102 cm³/mol. The summed E-state index contributed by atoms with van der Waals surface area (Å²) in [4.78, 5) is 20.9. The minimum Gasteiger partial charge on any atom is -0.455 e. The topological polar surface area (TPSA) is 81.2 Å². The Morgan fingerprint density at radius 3 is 2.85 bits per heavy atom. The summed E-state index contributed by atoms with van der Waals surface area (Å²) in [5, 5.41) is 3.37. The first-order chi connectivity index (χ1) is 13.2. The lowest BCUT2D eigenvalue weighted by atomic mass is 10.2. The second kappa shape index (κ2) is 7.67. The molecule has 4 rings (SSSR count). The van der Waals surface area contributed by atoms with Crippen molar-refractivity contribution in [2.24, 2.45) is 0 Å². The number of nitrogens with one attached hydrogen (secondary N) is 1. The van der Waals surface area contributed by atoms with Crippen molar-refractivity contribution in [1.82, 2.24) is 15.3 Å². The molecule has 0 radical (unpaired) electrons. The minimum absolute atomic E-state index is 0.269. The van der Waals surface area contributed by atoms with Crippen molar-refractivity contribution in [3.05, 3.63) is 77.5 Å². The smallest absolute Gasteiger partial charge is 0.287 e. The van der Waals surface area contributed by atoms with Crippen LogP contribution in [0.4, 0.5) is 0 Å². The maximum Gasteiger partial charge on any atom is 0.287 e. The molecule has 0 aliphatic heterocycles. The van der Waals surface area contributed by atoms with Gasteiger partial charge in [-0.3, -0.25) is 9.78 Å². The molecular weight excluding hydrogens is 362 g/mol. The number of oxazole rings is 1. The number of fused-ring (bicyclic) bond motifs is 1. The fraction of sp³-hybridized carbons (Fsp3) is 0.150. The van der Waals surface area contributed by atoms with E-state index in [4.69, 9.17) is 8.83 Å². The number of hydrogen-bond donors (Lipinski definition) is 1. The number of thioether (sulfide) groups is 1. The van der Waals surface area contributed by atoms with E-state index in [9.17, 15) is 4.79 Å². The molecule has 0 unspecified atom stereocenters. The first-order valence-electron chi connectivity index (χ1n) is 8.45. The van der Waals surface area contributed by atoms with Crippen LogP contribution in [-0.2, 0) is 12.3 Å². The Bertz CT molecular complexity index is 1070. The maximum absolute atomic E-state index is 12.2. The molecule has 0 saturated heterocycles. The number of rotatable bonds is 6. The van der Waals surface area contributed by atoms with Crippen LogP contribution in [0.5, 0.6) is 0 Å². The van der Waals surface area contributed by atoms with Crippen LogP contribution in [0.25, 0.3) is 11.1 Å². The Morgan fingerprint density at radius 1 is 1.11 bits per heavy atom. The van der Waals surface area contributed by atoms with Crippen molar-refractivity contribution in [2.75, 3.05) is 0 Å². The van der Waals surface area contributed by atoms with E-state index in [0.29, 0.717) is 23.3 Å². The van der Waals surface area contributed by atoms with Crippen molar-refractivity contribution in [3.8, 4) is 0 Å². The summed E-state index contributed by atoms with van der Waals surface area (Å²) in [6, 6.07) is 14.9. The van der Waals surface area contributed by atoms with Crippen molar-refractivity contribution >= 4 is 28.8 Å². The van der Waals surface area contributed by atoms with E-state index >= 15 is 0 Å². The number of pyridine rings is 1. The van der Waals surface area contributed by atoms with Crippen molar-refractivity contribution in [1.29, 1.82) is 0 Å². The lowest BCUT2D eigenvalue weighted by Crippen LogP contribution is -2.22. The fourth-order valence-electron chi connectivity index (χ4n) is 2.60. The van der Waals surface area contributed by atoms with Crippen molar-refractivity contribution < 1.29 is 13.6 Å². The number of carbonyl (C=O) groups excluding carboxylic acids is 1. The lowest BCUT2D eigenvalue weighted by Gasteiger charge is -2.02. The quantitative estimate of drug-likeness (QED) is 0.502. The second-order valence-electron chi connectivity index (χ2n) is 5.96. The highest BCUT2D eigenvalue weighted by Crippen LogP contribution is 2.28. The fourth-order valence-corrected chi connectivity index (χ4v) is 3.32. The van der Waals surface area contributed by atoms with Gasteiger partial charge in [0.2, 0.25) is 0 Å². The highest BCUT2D eigenvalue weighted by atomic mass is 32.2. The number of amides is 1. The number of para-hydroxylation sites is 1. The van der Waals surface area contributed by atoms with Gasteiger partial charge in [-0.25, -0.2) is 4.98 Å². The zero-order valence-corrected chi connectivity index (χ0v) is 15.5. The van der Waals surface area contributed by atoms with E-state index in [1.165, 1.54) is 11.8 Å². The number of nitrogens with zero attached hydrogens (tertiary/aromatic N) is 2. The highest BCUT2D eigenvalue weighted by molar-refractivity contribution is 7.98. The summed E-state index contributed by atoms with van der Waals surface area (Å²) >= 11 is 1.43. The summed E-state index contributed by atoms with van der Waals surface area (Å²) < 4.78 is 11.4. The third kappa shape index (κ3) is 4.03. The largest absolute Gasteiger partial charge is 0.455 e. The highest BCUT2D eigenvalue weighted by Gasteiger charge is 2.13. The summed E-state index contributed by atoms with van der Waals surface area (Å²) in [5.41, 5.74) is 3.51. The van der Waals surface area contributed by atoms with E-state index < -0.39 is 0 Å². The number of hydrogen-bond acceptors (Lipinski definition) is 6. The molecule has 4 aromatic rings. The molecule has 1 amide bonds. The first kappa shape index (κ1) is 17.4. The van der Waals surface area contributed by atoms with Gasteiger partial charge in [0, 0.05) is 6.20 Å². The van der Waals surface area contributed by atoms with Gasteiger partial charge in [-0.1, -0.05) is 30.0 Å². The van der Waals surface area contributed by atoms with Gasteiger partial charge in [0.15, 0.2) is 11.3 Å². The SMILES string of the molecule is Cc1cccc2oc(SCc3ccc(C(=O)NCc4ccccn4)o3)nc12. The molecule has 3 heterocycles. The van der Waals surface area contributed by atoms with Crippen LogP contribution in [0.3, 0.4) is 0 Å². The van der Waals surface area contributed by atoms with Crippen LogP contribution >= 0.6 is 11.8 Å². The Hall–Kier alpha value is -3.06. The van der Waals surface area contributed by atoms with E-state index in [1.807, 2.05) is 43.3 Å². The molecule has 0 aliphatic rings. The molecule has 0 spiro atoms. The standard InChI is InChI=1S/C20H17N3O3S/c1-13-5-4-7-16-18(13)23-20(26-16)27-12-15-8-9-17(25-15)19(24)22-11-14-6-2-3-10-21-14/h2-10H,11-12H2,1H3,(H,22,24). The summed E-state index contributed by atoms with van der Waals surface area (Å²) in [6.07, 6.45) is 1.69. The van der Waals surface area contributed by atoms with Gasteiger partial charge < -0.3 is 14.2 Å². The number of aromatic nitrogens is 2. The Labute approximate surface area is 160 Å². The predicted octanol–water partition coefficient (Wildman–Crippen LogP) is 4.35. The molecule has 0 atom stereocenters. The van der Waals surface area contributed by atoms with E-state index in [0.717, 1.165) is 22.4 Å². The molecule has 136 valence electrons. The third-order valence-electron chi connectivity index (χ3n) is 3.98.